The van der Waals surface area contributed by atoms with E-state index in [9.17, 15) is 9.59 Å². The van der Waals surface area contributed by atoms with Gasteiger partial charge < -0.3 is 10.4 Å². The summed E-state index contributed by atoms with van der Waals surface area (Å²) in [5.41, 5.74) is 0. The van der Waals surface area contributed by atoms with Gasteiger partial charge in [0.15, 0.2) is 0 Å². The predicted molar refractivity (Wildman–Crippen MR) is 76.2 cm³/mol. The number of thioether (sulfide) groups is 1. The molecule has 104 valence electrons. The highest BCUT2D eigenvalue weighted by Gasteiger charge is 2.22. The molecule has 0 spiro atoms. The minimum absolute atomic E-state index is 0.0143. The van der Waals surface area contributed by atoms with Crippen LogP contribution in [-0.2, 0) is 9.59 Å². The normalized spacial score (nSPS) is 13.6. The molecule has 2 atom stereocenters. The monoisotopic (exact) mass is 281 g/mol. The van der Waals surface area contributed by atoms with Gasteiger partial charge in [0, 0.05) is 16.7 Å². The molecule has 0 fully saturated rings. The molecule has 0 saturated heterocycles. The van der Waals surface area contributed by atoms with E-state index in [1.165, 1.54) is 6.92 Å². The Kier molecular flexibility index (Phi) is 6.42. The molecule has 2 unspecified atom stereocenters. The van der Waals surface area contributed by atoms with Gasteiger partial charge in [-0.1, -0.05) is 25.1 Å². The number of aliphatic carboxylic acids is 1. The Balaban J connectivity index is 2.46. The van der Waals surface area contributed by atoms with Crippen LogP contribution in [0.1, 0.15) is 20.3 Å². The van der Waals surface area contributed by atoms with E-state index in [0.29, 0.717) is 0 Å². The van der Waals surface area contributed by atoms with Gasteiger partial charge >= 0.3 is 5.97 Å². The van der Waals surface area contributed by atoms with Gasteiger partial charge in [-0.2, -0.15) is 0 Å². The van der Waals surface area contributed by atoms with Crippen molar-refractivity contribution in [3.05, 3.63) is 30.3 Å². The van der Waals surface area contributed by atoms with Gasteiger partial charge in [-0.3, -0.25) is 9.59 Å². The Morgan fingerprint density at radius 3 is 2.47 bits per heavy atom. The first kappa shape index (κ1) is 15.6. The van der Waals surface area contributed by atoms with E-state index in [4.69, 9.17) is 5.11 Å². The van der Waals surface area contributed by atoms with E-state index < -0.39 is 17.8 Å². The van der Waals surface area contributed by atoms with Crippen molar-refractivity contribution in [3.63, 3.8) is 0 Å². The number of carboxylic acids is 1. The van der Waals surface area contributed by atoms with Crippen LogP contribution in [0.5, 0.6) is 0 Å². The third kappa shape index (κ3) is 5.34. The molecule has 1 aromatic carbocycles. The maximum Gasteiger partial charge on any atom is 0.315 e. The number of carboxylic acid groups (broad SMARTS) is 1. The maximum atomic E-state index is 11.7. The summed E-state index contributed by atoms with van der Waals surface area (Å²) in [6.45, 7) is 3.37. The highest BCUT2D eigenvalue weighted by atomic mass is 32.2. The van der Waals surface area contributed by atoms with Gasteiger partial charge in [0.25, 0.3) is 0 Å². The Labute approximate surface area is 117 Å². The fourth-order valence-corrected chi connectivity index (χ4v) is 2.48. The second-order valence-corrected chi connectivity index (χ2v) is 5.39. The molecule has 0 aromatic heterocycles. The Morgan fingerprint density at radius 1 is 1.32 bits per heavy atom. The number of nitrogens with one attached hydrogen (secondary N) is 1. The number of carbonyl (C=O) groups is 2. The van der Waals surface area contributed by atoms with Crippen molar-refractivity contribution in [2.75, 3.05) is 5.75 Å². The Morgan fingerprint density at radius 2 is 1.95 bits per heavy atom. The minimum atomic E-state index is -1.09. The van der Waals surface area contributed by atoms with Crippen LogP contribution in [-0.4, -0.2) is 28.8 Å². The van der Waals surface area contributed by atoms with Crippen LogP contribution in [0.25, 0.3) is 0 Å². The predicted octanol–water partition coefficient (Wildman–Crippen LogP) is 2.39. The number of amides is 1. The first-order chi connectivity index (χ1) is 9.04. The summed E-state index contributed by atoms with van der Waals surface area (Å²) in [5, 5.41) is 11.6. The minimum Gasteiger partial charge on any atom is -0.481 e. The summed E-state index contributed by atoms with van der Waals surface area (Å²) in [6, 6.07) is 9.90. The van der Waals surface area contributed by atoms with Gasteiger partial charge in [-0.15, -0.1) is 11.8 Å². The molecule has 5 heteroatoms. The van der Waals surface area contributed by atoms with E-state index in [1.807, 2.05) is 37.3 Å². The Hall–Kier alpha value is -1.49. The van der Waals surface area contributed by atoms with Crippen molar-refractivity contribution in [3.8, 4) is 0 Å². The average molecular weight is 281 g/mol. The second kappa shape index (κ2) is 7.84. The fraction of sp³-hybridized carbons (Fsp3) is 0.429. The zero-order valence-corrected chi connectivity index (χ0v) is 11.9. The summed E-state index contributed by atoms with van der Waals surface area (Å²) in [7, 11) is 0. The molecular weight excluding hydrogens is 262 g/mol. The number of benzene rings is 1. The molecule has 0 aliphatic rings. The number of carbonyl (C=O) groups excluding carboxylic acids is 1. The van der Waals surface area contributed by atoms with Crippen LogP contribution in [0.4, 0.5) is 0 Å². The van der Waals surface area contributed by atoms with Crippen molar-refractivity contribution < 1.29 is 14.7 Å². The molecule has 4 nitrogen and oxygen atoms in total. The number of rotatable bonds is 7. The van der Waals surface area contributed by atoms with Gasteiger partial charge in [0.1, 0.15) is 5.92 Å². The van der Waals surface area contributed by atoms with Crippen molar-refractivity contribution in [1.29, 1.82) is 0 Å². The highest BCUT2D eigenvalue weighted by Crippen LogP contribution is 2.18. The molecule has 1 rings (SSSR count). The molecule has 2 N–H and O–H groups in total. The van der Waals surface area contributed by atoms with Crippen LogP contribution < -0.4 is 5.32 Å². The van der Waals surface area contributed by atoms with E-state index in [-0.39, 0.29) is 6.04 Å². The van der Waals surface area contributed by atoms with Crippen LogP contribution in [0, 0.1) is 5.92 Å². The molecule has 1 aromatic rings. The fourth-order valence-electron chi connectivity index (χ4n) is 1.41. The van der Waals surface area contributed by atoms with Crippen molar-refractivity contribution in [2.45, 2.75) is 31.2 Å². The second-order valence-electron chi connectivity index (χ2n) is 4.30. The number of hydrogen-bond acceptors (Lipinski definition) is 3. The molecule has 0 bridgehead atoms. The van der Waals surface area contributed by atoms with E-state index >= 15 is 0 Å². The quantitative estimate of drug-likeness (QED) is 0.595. The van der Waals surface area contributed by atoms with Gasteiger partial charge in [0.2, 0.25) is 5.91 Å². The molecule has 19 heavy (non-hydrogen) atoms. The molecule has 0 radical (unpaired) electrons. The van der Waals surface area contributed by atoms with Crippen molar-refractivity contribution in [1.82, 2.24) is 5.32 Å². The summed E-state index contributed by atoms with van der Waals surface area (Å²) < 4.78 is 0. The lowest BCUT2D eigenvalue weighted by molar-refractivity contribution is -0.146. The average Bonchev–Trinajstić information content (AvgIpc) is 2.43. The number of hydrogen-bond donors (Lipinski definition) is 2. The van der Waals surface area contributed by atoms with Gasteiger partial charge in [-0.25, -0.2) is 0 Å². The Bertz CT molecular complexity index is 422. The highest BCUT2D eigenvalue weighted by molar-refractivity contribution is 7.99. The summed E-state index contributed by atoms with van der Waals surface area (Å²) in [5.74, 6) is -1.79. The molecule has 1 amide bonds. The van der Waals surface area contributed by atoms with Crippen LogP contribution >= 0.6 is 11.8 Å². The van der Waals surface area contributed by atoms with Crippen LogP contribution in [0.15, 0.2) is 35.2 Å². The summed E-state index contributed by atoms with van der Waals surface area (Å²) in [4.78, 5) is 23.5. The lowest BCUT2D eigenvalue weighted by Crippen LogP contribution is -2.41. The van der Waals surface area contributed by atoms with Gasteiger partial charge in [-0.05, 0) is 25.5 Å². The molecule has 0 aliphatic heterocycles. The van der Waals surface area contributed by atoms with Crippen LogP contribution in [0.3, 0.4) is 0 Å². The molecule has 0 aliphatic carbocycles. The standard InChI is InChI=1S/C14H19NO3S/c1-3-11(15-13(16)10(2)14(17)18)9-19-12-7-5-4-6-8-12/h4-8,10-11H,3,9H2,1-2H3,(H,15,16)(H,17,18). The maximum absolute atomic E-state index is 11.7. The largest absolute Gasteiger partial charge is 0.481 e. The SMILES string of the molecule is CCC(CSc1ccccc1)NC(=O)C(C)C(=O)O. The zero-order chi connectivity index (χ0) is 14.3. The first-order valence-electron chi connectivity index (χ1n) is 6.25. The van der Waals surface area contributed by atoms with E-state index in [2.05, 4.69) is 5.32 Å². The summed E-state index contributed by atoms with van der Waals surface area (Å²) >= 11 is 1.65. The van der Waals surface area contributed by atoms with Crippen molar-refractivity contribution >= 4 is 23.6 Å². The van der Waals surface area contributed by atoms with E-state index in [0.717, 1.165) is 17.1 Å². The third-order valence-electron chi connectivity index (χ3n) is 2.80. The van der Waals surface area contributed by atoms with Crippen LogP contribution in [0.2, 0.25) is 0 Å². The van der Waals surface area contributed by atoms with Crippen molar-refractivity contribution in [2.24, 2.45) is 5.92 Å². The topological polar surface area (TPSA) is 66.4 Å². The zero-order valence-electron chi connectivity index (χ0n) is 11.1. The smallest absolute Gasteiger partial charge is 0.315 e. The molecule has 0 heterocycles. The van der Waals surface area contributed by atoms with Gasteiger partial charge in [0.05, 0.1) is 0 Å². The van der Waals surface area contributed by atoms with E-state index in [1.54, 1.807) is 11.8 Å². The lowest BCUT2D eigenvalue weighted by Gasteiger charge is -2.18. The first-order valence-corrected chi connectivity index (χ1v) is 7.24. The summed E-state index contributed by atoms with van der Waals surface area (Å²) in [6.07, 6.45) is 0.776. The lowest BCUT2D eigenvalue weighted by atomic mass is 10.1. The third-order valence-corrected chi connectivity index (χ3v) is 3.97. The molecular formula is C14H19NO3S. The molecule has 0 saturated carbocycles.